The van der Waals surface area contributed by atoms with Crippen molar-refractivity contribution in [1.29, 1.82) is 0 Å². The van der Waals surface area contributed by atoms with Crippen molar-refractivity contribution in [3.63, 3.8) is 0 Å². The van der Waals surface area contributed by atoms with Gasteiger partial charge in [-0.2, -0.15) is 0 Å². The molecule has 1 unspecified atom stereocenters. The molecular weight excluding hydrogens is 280 g/mol. The number of carbonyl (C=O) groups excluding carboxylic acids is 1. The van der Waals surface area contributed by atoms with E-state index < -0.39 is 0 Å². The van der Waals surface area contributed by atoms with Crippen LogP contribution in [0.3, 0.4) is 0 Å². The topological polar surface area (TPSA) is 41.1 Å². The monoisotopic (exact) mass is 300 g/mol. The molecule has 1 atom stereocenters. The van der Waals surface area contributed by atoms with E-state index in [2.05, 4.69) is 22.8 Å². The molecule has 2 aromatic carbocycles. The molecule has 0 saturated heterocycles. The molecule has 0 radical (unpaired) electrons. The highest BCUT2D eigenvalue weighted by Gasteiger charge is 2.14. The normalized spacial score (nSPS) is 11.9. The standard InChI is InChI=1S/C17H20N2OS/c1-13(17(20)19-15-8-4-3-5-9-15)21-16-10-6-7-14(11-16)12-18-2/h3-11,13,18H,12H2,1-2H3,(H,19,20). The van der Waals surface area contributed by atoms with Crippen LogP contribution < -0.4 is 10.6 Å². The fraction of sp³-hybridized carbons (Fsp3) is 0.235. The van der Waals surface area contributed by atoms with E-state index in [0.717, 1.165) is 17.1 Å². The summed E-state index contributed by atoms with van der Waals surface area (Å²) in [6.45, 7) is 2.76. The van der Waals surface area contributed by atoms with Gasteiger partial charge < -0.3 is 10.6 Å². The third-order valence-electron chi connectivity index (χ3n) is 3.00. The molecule has 0 fully saturated rings. The van der Waals surface area contributed by atoms with Crippen molar-refractivity contribution in [1.82, 2.24) is 5.32 Å². The van der Waals surface area contributed by atoms with Crippen LogP contribution in [0.2, 0.25) is 0 Å². The van der Waals surface area contributed by atoms with Gasteiger partial charge in [0.05, 0.1) is 5.25 Å². The Balaban J connectivity index is 1.95. The molecule has 0 bridgehead atoms. The SMILES string of the molecule is CNCc1cccc(SC(C)C(=O)Nc2ccccc2)c1. The van der Waals surface area contributed by atoms with Crippen LogP contribution in [0.1, 0.15) is 12.5 Å². The Labute approximate surface area is 130 Å². The van der Waals surface area contributed by atoms with Crippen molar-refractivity contribution in [3.05, 3.63) is 60.2 Å². The average Bonchev–Trinajstić information content (AvgIpc) is 2.49. The third-order valence-corrected chi connectivity index (χ3v) is 4.10. The average molecular weight is 300 g/mol. The van der Waals surface area contributed by atoms with Gasteiger partial charge in [0.15, 0.2) is 0 Å². The quantitative estimate of drug-likeness (QED) is 0.802. The van der Waals surface area contributed by atoms with Gasteiger partial charge in [-0.3, -0.25) is 4.79 Å². The highest BCUT2D eigenvalue weighted by Crippen LogP contribution is 2.25. The Hall–Kier alpha value is -1.78. The molecule has 0 aromatic heterocycles. The molecular formula is C17H20N2OS. The number of para-hydroxylation sites is 1. The Morgan fingerprint density at radius 2 is 1.90 bits per heavy atom. The van der Waals surface area contributed by atoms with E-state index in [1.54, 1.807) is 11.8 Å². The van der Waals surface area contributed by atoms with E-state index in [4.69, 9.17) is 0 Å². The first-order valence-corrected chi connectivity index (χ1v) is 7.83. The summed E-state index contributed by atoms with van der Waals surface area (Å²) >= 11 is 1.57. The van der Waals surface area contributed by atoms with Crippen molar-refractivity contribution >= 4 is 23.4 Å². The Morgan fingerprint density at radius 3 is 2.62 bits per heavy atom. The second-order valence-corrected chi connectivity index (χ2v) is 6.21. The van der Waals surface area contributed by atoms with Gasteiger partial charge in [0.1, 0.15) is 0 Å². The largest absolute Gasteiger partial charge is 0.325 e. The molecule has 2 rings (SSSR count). The van der Waals surface area contributed by atoms with E-state index in [9.17, 15) is 4.79 Å². The van der Waals surface area contributed by atoms with Gasteiger partial charge >= 0.3 is 0 Å². The van der Waals surface area contributed by atoms with Crippen LogP contribution in [0.5, 0.6) is 0 Å². The first kappa shape index (κ1) is 15.6. The van der Waals surface area contributed by atoms with Crippen LogP contribution in [0.25, 0.3) is 0 Å². The van der Waals surface area contributed by atoms with Crippen molar-refractivity contribution in [3.8, 4) is 0 Å². The summed E-state index contributed by atoms with van der Waals surface area (Å²) in [7, 11) is 1.93. The minimum atomic E-state index is -0.143. The number of nitrogens with one attached hydrogen (secondary N) is 2. The summed E-state index contributed by atoms with van der Waals surface area (Å²) < 4.78 is 0. The first-order valence-electron chi connectivity index (χ1n) is 6.95. The minimum absolute atomic E-state index is 0.0187. The molecule has 0 spiro atoms. The van der Waals surface area contributed by atoms with E-state index in [0.29, 0.717) is 0 Å². The van der Waals surface area contributed by atoms with Crippen molar-refractivity contribution in [2.45, 2.75) is 23.6 Å². The van der Waals surface area contributed by atoms with Gasteiger partial charge in [-0.05, 0) is 43.8 Å². The van der Waals surface area contributed by atoms with Gasteiger partial charge in [0.2, 0.25) is 5.91 Å². The molecule has 2 N–H and O–H groups in total. The second-order valence-electron chi connectivity index (χ2n) is 4.79. The van der Waals surface area contributed by atoms with Gasteiger partial charge in [0, 0.05) is 17.1 Å². The van der Waals surface area contributed by atoms with E-state index >= 15 is 0 Å². The summed E-state index contributed by atoms with van der Waals surface area (Å²) in [5, 5.41) is 5.92. The Kier molecular flexibility index (Phi) is 5.84. The minimum Gasteiger partial charge on any atom is -0.325 e. The third kappa shape index (κ3) is 4.92. The lowest BCUT2D eigenvalue weighted by Crippen LogP contribution is -2.22. The second kappa shape index (κ2) is 7.86. The maximum atomic E-state index is 12.2. The highest BCUT2D eigenvalue weighted by molar-refractivity contribution is 8.00. The zero-order valence-corrected chi connectivity index (χ0v) is 13.1. The number of anilines is 1. The zero-order valence-electron chi connectivity index (χ0n) is 12.3. The lowest BCUT2D eigenvalue weighted by molar-refractivity contribution is -0.115. The molecule has 0 aliphatic carbocycles. The van der Waals surface area contributed by atoms with Crippen LogP contribution in [0.4, 0.5) is 5.69 Å². The van der Waals surface area contributed by atoms with Crippen LogP contribution in [-0.2, 0) is 11.3 Å². The Morgan fingerprint density at radius 1 is 1.14 bits per heavy atom. The van der Waals surface area contributed by atoms with E-state index in [1.165, 1.54) is 5.56 Å². The maximum Gasteiger partial charge on any atom is 0.237 e. The van der Waals surface area contributed by atoms with Gasteiger partial charge in [-0.25, -0.2) is 0 Å². The van der Waals surface area contributed by atoms with Crippen LogP contribution >= 0.6 is 11.8 Å². The van der Waals surface area contributed by atoms with Gasteiger partial charge in [-0.1, -0.05) is 30.3 Å². The highest BCUT2D eigenvalue weighted by atomic mass is 32.2. The molecule has 0 aliphatic rings. The number of thioether (sulfide) groups is 1. The number of hydrogen-bond acceptors (Lipinski definition) is 3. The number of carbonyl (C=O) groups is 1. The molecule has 0 heterocycles. The molecule has 1 amide bonds. The predicted octanol–water partition coefficient (Wildman–Crippen LogP) is 3.53. The number of hydrogen-bond donors (Lipinski definition) is 2. The zero-order chi connectivity index (χ0) is 15.1. The van der Waals surface area contributed by atoms with Gasteiger partial charge in [-0.15, -0.1) is 11.8 Å². The predicted molar refractivity (Wildman–Crippen MR) is 89.6 cm³/mol. The maximum absolute atomic E-state index is 12.2. The molecule has 0 saturated carbocycles. The first-order chi connectivity index (χ1) is 10.2. The van der Waals surface area contributed by atoms with Crippen LogP contribution in [0.15, 0.2) is 59.5 Å². The molecule has 0 aliphatic heterocycles. The summed E-state index contributed by atoms with van der Waals surface area (Å²) in [4.78, 5) is 13.3. The van der Waals surface area contributed by atoms with Crippen molar-refractivity contribution < 1.29 is 4.79 Å². The lowest BCUT2D eigenvalue weighted by Gasteiger charge is -2.12. The van der Waals surface area contributed by atoms with Crippen LogP contribution in [0, 0.1) is 0 Å². The number of amides is 1. The fourth-order valence-corrected chi connectivity index (χ4v) is 2.91. The molecule has 4 heteroatoms. The molecule has 110 valence electrons. The van der Waals surface area contributed by atoms with E-state index in [-0.39, 0.29) is 11.2 Å². The van der Waals surface area contributed by atoms with Crippen molar-refractivity contribution in [2.75, 3.05) is 12.4 Å². The van der Waals surface area contributed by atoms with E-state index in [1.807, 2.05) is 56.4 Å². The molecule has 3 nitrogen and oxygen atoms in total. The number of rotatable bonds is 6. The smallest absolute Gasteiger partial charge is 0.237 e. The summed E-state index contributed by atoms with van der Waals surface area (Å²) in [5.74, 6) is 0.0187. The summed E-state index contributed by atoms with van der Waals surface area (Å²) in [6, 6.07) is 17.8. The molecule has 2 aromatic rings. The number of benzene rings is 2. The van der Waals surface area contributed by atoms with Gasteiger partial charge in [0.25, 0.3) is 0 Å². The van der Waals surface area contributed by atoms with Crippen LogP contribution in [-0.4, -0.2) is 18.2 Å². The fourth-order valence-electron chi connectivity index (χ4n) is 1.96. The summed E-state index contributed by atoms with van der Waals surface area (Å²) in [6.07, 6.45) is 0. The Bertz CT molecular complexity index is 586. The van der Waals surface area contributed by atoms with Crippen molar-refractivity contribution in [2.24, 2.45) is 0 Å². The molecule has 21 heavy (non-hydrogen) atoms. The summed E-state index contributed by atoms with van der Waals surface area (Å²) in [5.41, 5.74) is 2.05. The lowest BCUT2D eigenvalue weighted by atomic mass is 10.2.